The summed E-state index contributed by atoms with van der Waals surface area (Å²) in [5.41, 5.74) is 0.546. The summed E-state index contributed by atoms with van der Waals surface area (Å²) in [4.78, 5) is 32.0. The van der Waals surface area contributed by atoms with Gasteiger partial charge in [0.25, 0.3) is 11.8 Å². The van der Waals surface area contributed by atoms with Gasteiger partial charge in [0, 0.05) is 62.3 Å². The summed E-state index contributed by atoms with van der Waals surface area (Å²) in [6, 6.07) is 11.2. The SMILES string of the molecule is C#CC(C)(CC)OCC(O)CN1CCN(CCN2C(=O)c3cccc4cccc(c34)C2=O)CC1. The zero-order valence-electron chi connectivity index (χ0n) is 20.0. The predicted molar refractivity (Wildman–Crippen MR) is 132 cm³/mol. The number of hydrogen-bond acceptors (Lipinski definition) is 6. The standard InChI is InChI=1S/C27H33N3O4/c1-4-27(3,5-2)34-19-21(31)18-29-14-12-28(13-15-29)16-17-30-25(32)22-10-6-8-20-9-7-11-23(24(20)22)26(30)33/h1,6-11,21,31H,5,12-19H2,2-3H3. The molecule has 0 bridgehead atoms. The minimum Gasteiger partial charge on any atom is -0.389 e. The minimum absolute atomic E-state index is 0.210. The molecule has 0 aromatic heterocycles. The minimum atomic E-state index is -0.644. The van der Waals surface area contributed by atoms with Gasteiger partial charge in [0.1, 0.15) is 5.60 Å². The number of imide groups is 1. The summed E-state index contributed by atoms with van der Waals surface area (Å²) in [5.74, 6) is 2.21. The zero-order chi connectivity index (χ0) is 24.3. The first-order valence-electron chi connectivity index (χ1n) is 12.0. The molecule has 2 unspecified atom stereocenters. The van der Waals surface area contributed by atoms with Crippen molar-refractivity contribution in [2.75, 3.05) is 52.4 Å². The van der Waals surface area contributed by atoms with Gasteiger partial charge in [-0.1, -0.05) is 37.1 Å². The molecule has 7 heteroatoms. The van der Waals surface area contributed by atoms with Crippen molar-refractivity contribution in [1.29, 1.82) is 0 Å². The Morgan fingerprint density at radius 3 is 2.18 bits per heavy atom. The molecular weight excluding hydrogens is 430 g/mol. The van der Waals surface area contributed by atoms with Gasteiger partial charge in [-0.05, 0) is 30.9 Å². The molecule has 0 aliphatic carbocycles. The van der Waals surface area contributed by atoms with Crippen LogP contribution in [0.2, 0.25) is 0 Å². The molecule has 2 aromatic rings. The van der Waals surface area contributed by atoms with Crippen molar-refractivity contribution >= 4 is 22.6 Å². The number of β-amino-alcohol motifs (C(OH)–C–C–N with tert-alkyl or cyclic N) is 1. The lowest BCUT2D eigenvalue weighted by molar-refractivity contribution is -0.0500. The van der Waals surface area contributed by atoms with Crippen LogP contribution < -0.4 is 0 Å². The van der Waals surface area contributed by atoms with Crippen molar-refractivity contribution in [2.24, 2.45) is 0 Å². The summed E-state index contributed by atoms with van der Waals surface area (Å²) in [6.45, 7) is 8.80. The molecule has 2 aliphatic rings. The van der Waals surface area contributed by atoms with Gasteiger partial charge in [0.05, 0.1) is 12.7 Å². The average molecular weight is 464 g/mol. The van der Waals surface area contributed by atoms with Crippen LogP contribution in [0.25, 0.3) is 10.8 Å². The highest BCUT2D eigenvalue weighted by atomic mass is 16.5. The van der Waals surface area contributed by atoms with E-state index in [-0.39, 0.29) is 18.4 Å². The van der Waals surface area contributed by atoms with Crippen LogP contribution in [0.1, 0.15) is 41.0 Å². The molecule has 2 amide bonds. The lowest BCUT2D eigenvalue weighted by Crippen LogP contribution is -2.52. The number of amides is 2. The van der Waals surface area contributed by atoms with Crippen molar-refractivity contribution in [3.05, 3.63) is 47.5 Å². The van der Waals surface area contributed by atoms with Gasteiger partial charge in [-0.3, -0.25) is 24.3 Å². The molecule has 0 radical (unpaired) electrons. The van der Waals surface area contributed by atoms with Crippen LogP contribution in [0.15, 0.2) is 36.4 Å². The number of aliphatic hydroxyl groups is 1. The number of benzene rings is 2. The Labute approximate surface area is 201 Å². The molecular formula is C27H33N3O4. The largest absolute Gasteiger partial charge is 0.389 e. The molecule has 1 N–H and O–H groups in total. The fourth-order valence-electron chi connectivity index (χ4n) is 4.60. The molecule has 1 fully saturated rings. The van der Waals surface area contributed by atoms with E-state index in [4.69, 9.17) is 11.2 Å². The Morgan fingerprint density at radius 2 is 1.62 bits per heavy atom. The van der Waals surface area contributed by atoms with Crippen molar-refractivity contribution in [2.45, 2.75) is 32.0 Å². The molecule has 2 aliphatic heterocycles. The molecule has 0 spiro atoms. The van der Waals surface area contributed by atoms with E-state index in [1.165, 1.54) is 4.90 Å². The van der Waals surface area contributed by atoms with Gasteiger partial charge in [0.2, 0.25) is 0 Å². The number of nitrogens with zero attached hydrogens (tertiary/aromatic N) is 3. The molecule has 0 saturated carbocycles. The maximum atomic E-state index is 13.1. The second kappa shape index (κ2) is 10.2. The second-order valence-corrected chi connectivity index (χ2v) is 9.31. The molecule has 2 atom stereocenters. The summed E-state index contributed by atoms with van der Waals surface area (Å²) < 4.78 is 5.73. The van der Waals surface area contributed by atoms with E-state index in [2.05, 4.69) is 15.7 Å². The molecule has 34 heavy (non-hydrogen) atoms. The van der Waals surface area contributed by atoms with Crippen molar-refractivity contribution in [3.8, 4) is 12.3 Å². The third kappa shape index (κ3) is 5.01. The number of ether oxygens (including phenoxy) is 1. The number of hydrogen-bond donors (Lipinski definition) is 1. The summed E-state index contributed by atoms with van der Waals surface area (Å²) >= 11 is 0. The summed E-state index contributed by atoms with van der Waals surface area (Å²) in [7, 11) is 0. The van der Waals surface area contributed by atoms with Crippen LogP contribution >= 0.6 is 0 Å². The van der Waals surface area contributed by atoms with E-state index in [9.17, 15) is 14.7 Å². The Kier molecular flexibility index (Phi) is 7.34. The number of aliphatic hydroxyl groups excluding tert-OH is 1. The fourth-order valence-corrected chi connectivity index (χ4v) is 4.60. The summed E-state index contributed by atoms with van der Waals surface area (Å²) in [6.07, 6.45) is 5.62. The van der Waals surface area contributed by atoms with Gasteiger partial charge >= 0.3 is 0 Å². The molecule has 180 valence electrons. The molecule has 4 rings (SSSR count). The molecule has 1 saturated heterocycles. The van der Waals surface area contributed by atoms with Gasteiger partial charge in [0.15, 0.2) is 0 Å². The topological polar surface area (TPSA) is 73.3 Å². The smallest absolute Gasteiger partial charge is 0.261 e. The third-order valence-electron chi connectivity index (χ3n) is 7.00. The number of rotatable bonds is 9. The van der Waals surface area contributed by atoms with E-state index in [0.717, 1.165) is 37.0 Å². The molecule has 2 aromatic carbocycles. The van der Waals surface area contributed by atoms with E-state index in [0.29, 0.717) is 37.2 Å². The molecule has 2 heterocycles. The average Bonchev–Trinajstić information content (AvgIpc) is 2.86. The van der Waals surface area contributed by atoms with E-state index in [1.54, 1.807) is 12.1 Å². The maximum absolute atomic E-state index is 13.1. The highest BCUT2D eigenvalue weighted by molar-refractivity contribution is 6.25. The highest BCUT2D eigenvalue weighted by Gasteiger charge is 2.33. The van der Waals surface area contributed by atoms with Crippen LogP contribution in [0.5, 0.6) is 0 Å². The number of terminal acetylenes is 1. The van der Waals surface area contributed by atoms with Crippen LogP contribution in [0.3, 0.4) is 0 Å². The van der Waals surface area contributed by atoms with Crippen LogP contribution in [-0.2, 0) is 4.74 Å². The van der Waals surface area contributed by atoms with E-state index < -0.39 is 11.7 Å². The Morgan fingerprint density at radius 1 is 1.03 bits per heavy atom. The van der Waals surface area contributed by atoms with Crippen molar-refractivity contribution < 1.29 is 19.4 Å². The van der Waals surface area contributed by atoms with Gasteiger partial charge in [-0.15, -0.1) is 6.42 Å². The zero-order valence-corrected chi connectivity index (χ0v) is 20.0. The van der Waals surface area contributed by atoms with Crippen molar-refractivity contribution in [3.63, 3.8) is 0 Å². The van der Waals surface area contributed by atoms with Gasteiger partial charge in [-0.25, -0.2) is 0 Å². The van der Waals surface area contributed by atoms with E-state index in [1.807, 2.05) is 38.1 Å². The molecule has 7 nitrogen and oxygen atoms in total. The predicted octanol–water partition coefficient (Wildman–Crippen LogP) is 2.23. The van der Waals surface area contributed by atoms with Crippen molar-refractivity contribution in [1.82, 2.24) is 14.7 Å². The lowest BCUT2D eigenvalue weighted by Gasteiger charge is -2.37. The third-order valence-corrected chi connectivity index (χ3v) is 7.00. The maximum Gasteiger partial charge on any atom is 0.261 e. The highest BCUT2D eigenvalue weighted by Crippen LogP contribution is 2.29. The fraction of sp³-hybridized carbons (Fsp3) is 0.481. The lowest BCUT2D eigenvalue weighted by atomic mass is 9.94. The first-order chi connectivity index (χ1) is 16.3. The quantitative estimate of drug-likeness (QED) is 0.454. The first-order valence-corrected chi connectivity index (χ1v) is 12.0. The van der Waals surface area contributed by atoms with Gasteiger partial charge in [-0.2, -0.15) is 0 Å². The summed E-state index contributed by atoms with van der Waals surface area (Å²) in [5, 5.41) is 12.0. The number of piperazine rings is 1. The normalized spacial score (nSPS) is 19.8. The van der Waals surface area contributed by atoms with E-state index >= 15 is 0 Å². The number of carbonyl (C=O) groups is 2. The van der Waals surface area contributed by atoms with Gasteiger partial charge < -0.3 is 9.84 Å². The Hall–Kier alpha value is -2.76. The Balaban J connectivity index is 1.27. The number of carbonyl (C=O) groups excluding carboxylic acids is 2. The second-order valence-electron chi connectivity index (χ2n) is 9.31. The van der Waals surface area contributed by atoms with Crippen LogP contribution in [-0.4, -0.2) is 95.7 Å². The van der Waals surface area contributed by atoms with Crippen LogP contribution in [0.4, 0.5) is 0 Å². The monoisotopic (exact) mass is 463 g/mol. The Bertz CT molecular complexity index is 1050. The first kappa shape index (κ1) is 24.4. The van der Waals surface area contributed by atoms with Crippen LogP contribution in [0, 0.1) is 12.3 Å².